The zero-order chi connectivity index (χ0) is 11.3. The molecule has 4 heteroatoms. The van der Waals surface area contributed by atoms with Gasteiger partial charge in [0.2, 0.25) is 0 Å². The van der Waals surface area contributed by atoms with Crippen LogP contribution in [0.15, 0.2) is 4.99 Å². The second-order valence-corrected chi connectivity index (χ2v) is 3.63. The Labute approximate surface area is 90.7 Å². The quantitative estimate of drug-likeness (QED) is 0.654. The van der Waals surface area contributed by atoms with Crippen LogP contribution >= 0.6 is 0 Å². The van der Waals surface area contributed by atoms with Gasteiger partial charge < -0.3 is 9.47 Å². The maximum Gasteiger partial charge on any atom is 0.334 e. The monoisotopic (exact) mass is 213 g/mol. The van der Waals surface area contributed by atoms with Crippen LogP contribution in [-0.4, -0.2) is 31.1 Å². The van der Waals surface area contributed by atoms with E-state index in [1.165, 1.54) is 6.40 Å². The van der Waals surface area contributed by atoms with Crippen LogP contribution in [0.4, 0.5) is 0 Å². The van der Waals surface area contributed by atoms with Gasteiger partial charge in [0.05, 0.1) is 6.61 Å². The third-order valence-electron chi connectivity index (χ3n) is 2.79. The fourth-order valence-electron chi connectivity index (χ4n) is 1.88. The first-order valence-electron chi connectivity index (χ1n) is 5.58. The van der Waals surface area contributed by atoms with Crippen molar-refractivity contribution in [3.63, 3.8) is 0 Å². The van der Waals surface area contributed by atoms with Crippen LogP contribution in [0.5, 0.6) is 0 Å². The van der Waals surface area contributed by atoms with Crippen molar-refractivity contribution >= 4 is 12.4 Å². The lowest BCUT2D eigenvalue weighted by Gasteiger charge is -2.23. The van der Waals surface area contributed by atoms with Crippen molar-refractivity contribution in [1.82, 2.24) is 0 Å². The summed E-state index contributed by atoms with van der Waals surface area (Å²) in [7, 11) is 0. The molecule has 2 unspecified atom stereocenters. The van der Waals surface area contributed by atoms with Crippen LogP contribution in [0.25, 0.3) is 0 Å². The number of carbonyl (C=O) groups is 1. The Hall–Kier alpha value is -1.06. The molecule has 0 radical (unpaired) electrons. The normalized spacial score (nSPS) is 24.3. The Bertz CT molecular complexity index is 236. The van der Waals surface area contributed by atoms with Crippen molar-refractivity contribution in [2.45, 2.75) is 45.8 Å². The molecule has 1 aliphatic rings. The van der Waals surface area contributed by atoms with E-state index in [-0.39, 0.29) is 12.1 Å². The van der Waals surface area contributed by atoms with E-state index < -0.39 is 6.04 Å². The van der Waals surface area contributed by atoms with Gasteiger partial charge in [0.25, 0.3) is 0 Å². The maximum absolute atomic E-state index is 11.6. The van der Waals surface area contributed by atoms with Crippen LogP contribution in [-0.2, 0) is 14.3 Å². The Morgan fingerprint density at radius 2 is 2.13 bits per heavy atom. The van der Waals surface area contributed by atoms with Crippen LogP contribution < -0.4 is 0 Å². The number of ether oxygens (including phenoxy) is 2. The number of carbonyl (C=O) groups excluding carboxylic acids is 1. The molecule has 0 aliphatic carbocycles. The fraction of sp³-hybridized carbons (Fsp3) is 0.818. The Morgan fingerprint density at radius 3 is 2.67 bits per heavy atom. The maximum atomic E-state index is 11.6. The van der Waals surface area contributed by atoms with Gasteiger partial charge in [0.15, 0.2) is 12.4 Å². The minimum absolute atomic E-state index is 0.140. The summed E-state index contributed by atoms with van der Waals surface area (Å²) in [6.45, 7) is 6.38. The molecule has 0 saturated heterocycles. The van der Waals surface area contributed by atoms with Crippen molar-refractivity contribution in [2.24, 2.45) is 10.9 Å². The molecule has 0 bridgehead atoms. The molecule has 0 aromatic rings. The molecule has 86 valence electrons. The summed E-state index contributed by atoms with van der Waals surface area (Å²) in [5, 5.41) is 0. The molecule has 1 aliphatic heterocycles. The fourth-order valence-corrected chi connectivity index (χ4v) is 1.88. The van der Waals surface area contributed by atoms with Gasteiger partial charge in [0, 0.05) is 0 Å². The molecule has 2 atom stereocenters. The molecule has 0 fully saturated rings. The van der Waals surface area contributed by atoms with Gasteiger partial charge in [-0.15, -0.1) is 0 Å². The lowest BCUT2D eigenvalue weighted by Crippen LogP contribution is -2.37. The van der Waals surface area contributed by atoms with E-state index in [9.17, 15) is 4.79 Å². The third kappa shape index (κ3) is 2.70. The summed E-state index contributed by atoms with van der Waals surface area (Å²) in [6.07, 6.45) is 3.21. The minimum atomic E-state index is -0.463. The van der Waals surface area contributed by atoms with Crippen LogP contribution in [0.1, 0.15) is 33.6 Å². The highest BCUT2D eigenvalue weighted by Gasteiger charge is 2.37. The van der Waals surface area contributed by atoms with E-state index in [0.717, 1.165) is 12.8 Å². The number of aliphatic imine (C=N–C) groups is 1. The Kier molecular flexibility index (Phi) is 4.59. The van der Waals surface area contributed by atoms with Crippen LogP contribution in [0, 0.1) is 5.92 Å². The van der Waals surface area contributed by atoms with E-state index in [1.54, 1.807) is 6.92 Å². The van der Waals surface area contributed by atoms with Gasteiger partial charge in [-0.3, -0.25) is 0 Å². The highest BCUT2D eigenvalue weighted by atomic mass is 16.5. The summed E-state index contributed by atoms with van der Waals surface area (Å²) in [5.74, 6) is 0.0880. The predicted octanol–water partition coefficient (Wildman–Crippen LogP) is 1.78. The van der Waals surface area contributed by atoms with Gasteiger partial charge in [0.1, 0.15) is 6.10 Å². The van der Waals surface area contributed by atoms with E-state index in [4.69, 9.17) is 9.47 Å². The highest BCUT2D eigenvalue weighted by molar-refractivity contribution is 5.79. The van der Waals surface area contributed by atoms with Gasteiger partial charge >= 0.3 is 5.97 Å². The van der Waals surface area contributed by atoms with E-state index in [1.807, 2.05) is 0 Å². The molecule has 0 N–H and O–H groups in total. The van der Waals surface area contributed by atoms with Crippen LogP contribution in [0.3, 0.4) is 0 Å². The topological polar surface area (TPSA) is 47.9 Å². The molecule has 1 rings (SSSR count). The van der Waals surface area contributed by atoms with Crippen molar-refractivity contribution < 1.29 is 14.3 Å². The molecule has 1 heterocycles. The molecular weight excluding hydrogens is 194 g/mol. The Balaban J connectivity index is 2.62. The first-order valence-corrected chi connectivity index (χ1v) is 5.58. The second-order valence-electron chi connectivity index (χ2n) is 3.63. The summed E-state index contributed by atoms with van der Waals surface area (Å²) >= 11 is 0. The van der Waals surface area contributed by atoms with Crippen molar-refractivity contribution in [2.75, 3.05) is 6.61 Å². The molecule has 0 saturated carbocycles. The molecule has 0 aromatic carbocycles. The predicted molar refractivity (Wildman–Crippen MR) is 57.9 cm³/mol. The first-order chi connectivity index (χ1) is 7.24. The van der Waals surface area contributed by atoms with E-state index >= 15 is 0 Å². The van der Waals surface area contributed by atoms with E-state index in [0.29, 0.717) is 12.5 Å². The van der Waals surface area contributed by atoms with E-state index in [2.05, 4.69) is 18.8 Å². The summed E-state index contributed by atoms with van der Waals surface area (Å²) < 4.78 is 10.3. The molecule has 15 heavy (non-hydrogen) atoms. The molecular formula is C11H19NO3. The number of rotatable bonds is 5. The summed E-state index contributed by atoms with van der Waals surface area (Å²) in [4.78, 5) is 15.6. The number of nitrogens with zero attached hydrogens (tertiary/aromatic N) is 1. The molecule has 0 amide bonds. The van der Waals surface area contributed by atoms with Gasteiger partial charge in [-0.25, -0.2) is 9.79 Å². The second kappa shape index (κ2) is 5.73. The number of hydrogen-bond acceptors (Lipinski definition) is 4. The lowest BCUT2D eigenvalue weighted by molar-refractivity contribution is -0.147. The van der Waals surface area contributed by atoms with Gasteiger partial charge in [-0.2, -0.15) is 0 Å². The number of hydrogen-bond donors (Lipinski definition) is 0. The zero-order valence-electron chi connectivity index (χ0n) is 9.60. The average Bonchev–Trinajstić information content (AvgIpc) is 2.69. The van der Waals surface area contributed by atoms with Crippen molar-refractivity contribution in [3.05, 3.63) is 0 Å². The molecule has 0 aromatic heterocycles. The number of esters is 1. The van der Waals surface area contributed by atoms with Crippen molar-refractivity contribution in [3.8, 4) is 0 Å². The lowest BCUT2D eigenvalue weighted by atomic mass is 9.92. The zero-order valence-corrected chi connectivity index (χ0v) is 9.60. The largest absolute Gasteiger partial charge is 0.477 e. The SMILES string of the molecule is CCOC(=O)C1N=COC1C(CC)CC. The third-order valence-corrected chi connectivity index (χ3v) is 2.79. The standard InChI is InChI=1S/C11H19NO3/c1-4-8(5-2)10-9(12-7-15-10)11(13)14-6-3/h7-10H,4-6H2,1-3H3. The smallest absolute Gasteiger partial charge is 0.334 e. The van der Waals surface area contributed by atoms with Crippen molar-refractivity contribution in [1.29, 1.82) is 0 Å². The summed E-state index contributed by atoms with van der Waals surface area (Å²) in [5.41, 5.74) is 0. The van der Waals surface area contributed by atoms with Gasteiger partial charge in [-0.1, -0.05) is 13.8 Å². The summed E-state index contributed by atoms with van der Waals surface area (Å²) in [6, 6.07) is -0.463. The molecule has 0 spiro atoms. The van der Waals surface area contributed by atoms with Gasteiger partial charge in [-0.05, 0) is 25.7 Å². The molecule has 4 nitrogen and oxygen atoms in total. The van der Waals surface area contributed by atoms with Crippen LogP contribution in [0.2, 0.25) is 0 Å². The average molecular weight is 213 g/mol. The minimum Gasteiger partial charge on any atom is -0.477 e. The first kappa shape index (κ1) is 12.0. The Morgan fingerprint density at radius 1 is 1.47 bits per heavy atom. The highest BCUT2D eigenvalue weighted by Crippen LogP contribution is 2.24.